The molecule has 3 saturated carbocycles. The lowest BCUT2D eigenvalue weighted by Crippen LogP contribution is -2.71. The number of carbonyl (C=O) groups is 3. The van der Waals surface area contributed by atoms with Crippen molar-refractivity contribution >= 4 is 17.7 Å². The van der Waals surface area contributed by atoms with Crippen LogP contribution in [-0.2, 0) is 35.6 Å². The third-order valence-corrected chi connectivity index (χ3v) is 15.7. The van der Waals surface area contributed by atoms with Gasteiger partial charge in [-0.2, -0.15) is 0 Å². The minimum atomic E-state index is -2.35. The molecule has 10 rings (SSSR count). The second-order valence-corrected chi connectivity index (χ2v) is 18.4. The van der Waals surface area contributed by atoms with E-state index in [0.29, 0.717) is 5.75 Å². The van der Waals surface area contributed by atoms with Crippen molar-refractivity contribution in [2.75, 3.05) is 20.2 Å². The molecule has 11 nitrogen and oxygen atoms in total. The van der Waals surface area contributed by atoms with Crippen LogP contribution in [0.25, 0.3) is 0 Å². The first kappa shape index (κ1) is 35.9. The molecule has 294 valence electrons. The number of carbonyl (C=O) groups excluding carboxylic acids is 3. The van der Waals surface area contributed by atoms with Crippen molar-refractivity contribution < 1.29 is 57.1 Å². The summed E-state index contributed by atoms with van der Waals surface area (Å²) in [5.41, 5.74) is -5.39. The van der Waals surface area contributed by atoms with Gasteiger partial charge in [-0.3, -0.25) is 9.59 Å². The number of rotatable bonds is 4. The minimum absolute atomic E-state index is 0.00962. The second kappa shape index (κ2) is 11.1. The highest BCUT2D eigenvalue weighted by atomic mass is 19.1. The molecule has 9 aliphatic rings. The molecule has 2 bridgehead atoms. The number of ether oxygens (including phenoxy) is 5. The highest BCUT2D eigenvalue weighted by Crippen LogP contribution is 2.72. The highest BCUT2D eigenvalue weighted by Gasteiger charge is 2.81. The van der Waals surface area contributed by atoms with Crippen LogP contribution in [0.3, 0.4) is 0 Å². The van der Waals surface area contributed by atoms with Crippen LogP contribution in [-0.4, -0.2) is 107 Å². The van der Waals surface area contributed by atoms with Crippen molar-refractivity contribution in [1.82, 2.24) is 4.90 Å². The van der Waals surface area contributed by atoms with Gasteiger partial charge in [-0.25, -0.2) is 13.6 Å². The van der Waals surface area contributed by atoms with Gasteiger partial charge in [0.1, 0.15) is 18.4 Å². The molecule has 5 fully saturated rings. The Labute approximate surface area is 317 Å². The molecule has 0 amide bonds. The average molecular weight is 764 g/mol. The quantitative estimate of drug-likeness (QED) is 0.256. The Morgan fingerprint density at radius 3 is 2.65 bits per heavy atom. The summed E-state index contributed by atoms with van der Waals surface area (Å²) < 4.78 is 64.4. The number of aliphatic hydroxyl groups is 2. The molecular formula is C42H47F2NO10. The van der Waals surface area contributed by atoms with Crippen molar-refractivity contribution in [3.63, 3.8) is 0 Å². The van der Waals surface area contributed by atoms with Crippen LogP contribution < -0.4 is 9.47 Å². The van der Waals surface area contributed by atoms with Gasteiger partial charge in [0, 0.05) is 39.7 Å². The number of hydrogen-bond acceptors (Lipinski definition) is 11. The van der Waals surface area contributed by atoms with Gasteiger partial charge in [0.25, 0.3) is 0 Å². The van der Waals surface area contributed by atoms with Crippen LogP contribution in [0, 0.1) is 28.6 Å². The lowest BCUT2D eigenvalue weighted by atomic mass is 9.44. The number of fused-ring (bicyclic) bond motifs is 7. The molecule has 1 aromatic carbocycles. The number of nitrogens with zero attached hydrogens (tertiary/aromatic N) is 1. The van der Waals surface area contributed by atoms with E-state index in [4.69, 9.17) is 23.7 Å². The van der Waals surface area contributed by atoms with Crippen LogP contribution in [0.1, 0.15) is 64.5 Å². The van der Waals surface area contributed by atoms with Crippen molar-refractivity contribution in [3.05, 3.63) is 59.2 Å². The van der Waals surface area contributed by atoms with E-state index in [-0.39, 0.29) is 42.5 Å². The lowest BCUT2D eigenvalue weighted by Gasteiger charge is -2.63. The highest BCUT2D eigenvalue weighted by molar-refractivity contribution is 6.01. The Morgan fingerprint density at radius 2 is 1.87 bits per heavy atom. The van der Waals surface area contributed by atoms with Crippen molar-refractivity contribution in [3.8, 4) is 11.5 Å². The van der Waals surface area contributed by atoms with Crippen molar-refractivity contribution in [2.45, 2.75) is 119 Å². The summed E-state index contributed by atoms with van der Waals surface area (Å²) in [5.74, 6) is -3.42. The van der Waals surface area contributed by atoms with Crippen LogP contribution >= 0.6 is 0 Å². The Balaban J connectivity index is 0.928. The summed E-state index contributed by atoms with van der Waals surface area (Å²) in [6, 6.07) is 3.82. The molecule has 2 N–H and O–H groups in total. The van der Waals surface area contributed by atoms with E-state index >= 15 is 8.78 Å². The first-order valence-electron chi connectivity index (χ1n) is 19.5. The molecule has 1 aromatic rings. The fourth-order valence-corrected chi connectivity index (χ4v) is 13.5. The fraction of sp³-hybridized carbons (Fsp3) is 0.643. The molecule has 0 aromatic heterocycles. The number of Topliss-reactive ketones (excluding diaryl/α,β-unsaturated/α-hetero) is 1. The maximum absolute atomic E-state index is 17.8. The predicted octanol–water partition coefficient (Wildman–Crippen LogP) is 4.40. The molecule has 3 aliphatic heterocycles. The van der Waals surface area contributed by atoms with E-state index in [2.05, 4.69) is 18.0 Å². The average Bonchev–Trinajstić information content (AvgIpc) is 3.71. The molecular weight excluding hydrogens is 716 g/mol. The maximum atomic E-state index is 17.8. The van der Waals surface area contributed by atoms with Gasteiger partial charge in [-0.05, 0) is 102 Å². The number of allylic oxidation sites excluding steroid dienone is 4. The Hall–Kier alpha value is -3.49. The summed E-state index contributed by atoms with van der Waals surface area (Å²) >= 11 is 0. The topological polar surface area (TPSA) is 141 Å². The van der Waals surface area contributed by atoms with Crippen LogP contribution in [0.15, 0.2) is 48.1 Å². The monoisotopic (exact) mass is 763 g/mol. The van der Waals surface area contributed by atoms with Crippen LogP contribution in [0.5, 0.6) is 11.5 Å². The molecule has 2 saturated heterocycles. The summed E-state index contributed by atoms with van der Waals surface area (Å²) in [6.07, 6.45) is 2.04. The Bertz CT molecular complexity index is 2030. The SMILES string of the molecule is CN1CC[C@]23c4c5ccc(OC(=O)OCC(=O)C67OC(C)(C)O[C@@H]6CC6C8C[C@H](F)C9=CC(=O)C=CC9(C)[C@@]8(F)[C@@H](O)CC67C)c4O[C@H]2[C@@H](O)C=C[C@H]3[C@H]1C5. The molecule has 0 radical (unpaired) electrons. The third kappa shape index (κ3) is 4.24. The number of alkyl halides is 2. The van der Waals surface area contributed by atoms with Crippen LogP contribution in [0.2, 0.25) is 0 Å². The fourth-order valence-electron chi connectivity index (χ4n) is 13.5. The lowest BCUT2D eigenvalue weighted by molar-refractivity contribution is -0.248. The van der Waals surface area contributed by atoms with Gasteiger partial charge in [0.15, 0.2) is 40.9 Å². The summed E-state index contributed by atoms with van der Waals surface area (Å²) in [7, 11) is 2.12. The Morgan fingerprint density at radius 1 is 1.09 bits per heavy atom. The zero-order valence-electron chi connectivity index (χ0n) is 31.6. The summed E-state index contributed by atoms with van der Waals surface area (Å²) in [5, 5.41) is 22.9. The summed E-state index contributed by atoms with van der Waals surface area (Å²) in [4.78, 5) is 42.7. The number of likely N-dealkylation sites (tertiary alicyclic amines) is 1. The standard InChI is InChI=1S/C42H47F2NO10/c1-37(2)54-32-17-23-24-16-26(43)25-15-21(46)10-11-38(25,3)41(24,44)30(48)18-39(23,4)42(32,55-37)31(49)19-51-36(50)52-29-9-6-20-14-27-22-7-8-28(47)35-40(22,12-13-45(27)5)33(20)34(29)53-35/h6-11,15,22-24,26-28,30,32,35,47-48H,12-14,16-19H2,1-5H3/t22-,23?,24?,26-,27+,28-,30-,32+,35-,38?,39?,40-,41-,42?/m0/s1. The molecule has 13 heteroatoms. The van der Waals surface area contributed by atoms with Gasteiger partial charge in [0.05, 0.1) is 12.2 Å². The normalized spacial score (nSPS) is 47.8. The van der Waals surface area contributed by atoms with E-state index in [9.17, 15) is 24.6 Å². The number of ketones is 2. The van der Waals surface area contributed by atoms with E-state index in [1.807, 2.05) is 6.07 Å². The van der Waals surface area contributed by atoms with E-state index in [1.165, 1.54) is 19.1 Å². The molecule has 5 unspecified atom stereocenters. The van der Waals surface area contributed by atoms with Gasteiger partial charge in [-0.15, -0.1) is 0 Å². The smallest absolute Gasteiger partial charge is 0.482 e. The molecule has 14 atom stereocenters. The number of aliphatic hydroxyl groups excluding tert-OH is 2. The minimum Gasteiger partial charge on any atom is -0.482 e. The molecule has 1 spiro atoms. The first-order chi connectivity index (χ1) is 25.9. The zero-order chi connectivity index (χ0) is 38.8. The van der Waals surface area contributed by atoms with Gasteiger partial charge >= 0.3 is 6.16 Å². The van der Waals surface area contributed by atoms with Crippen molar-refractivity contribution in [1.29, 1.82) is 0 Å². The molecule has 55 heavy (non-hydrogen) atoms. The first-order valence-corrected chi connectivity index (χ1v) is 19.5. The second-order valence-electron chi connectivity index (χ2n) is 18.4. The number of benzene rings is 1. The van der Waals surface area contributed by atoms with E-state index in [1.54, 1.807) is 32.9 Å². The number of likely N-dealkylation sites (N-methyl/N-ethyl adjacent to an activating group) is 1. The van der Waals surface area contributed by atoms with Gasteiger partial charge in [-0.1, -0.05) is 31.2 Å². The maximum Gasteiger partial charge on any atom is 0.514 e. The Kier molecular flexibility index (Phi) is 7.26. The van der Waals surface area contributed by atoms with Gasteiger partial charge < -0.3 is 38.8 Å². The number of hydrogen-bond donors (Lipinski definition) is 2. The number of halogens is 2. The van der Waals surface area contributed by atoms with Crippen molar-refractivity contribution in [2.24, 2.45) is 28.6 Å². The number of piperidine rings is 1. The largest absolute Gasteiger partial charge is 0.514 e. The van der Waals surface area contributed by atoms with Crippen LogP contribution in [0.4, 0.5) is 13.6 Å². The molecule has 3 heterocycles. The van der Waals surface area contributed by atoms with E-state index in [0.717, 1.165) is 36.6 Å². The molecule has 6 aliphatic carbocycles. The van der Waals surface area contributed by atoms with Gasteiger partial charge in [0.2, 0.25) is 5.78 Å². The van der Waals surface area contributed by atoms with E-state index < -0.39 is 100 Å². The summed E-state index contributed by atoms with van der Waals surface area (Å²) in [6.45, 7) is 6.64. The predicted molar refractivity (Wildman–Crippen MR) is 190 cm³/mol. The third-order valence-electron chi connectivity index (χ3n) is 15.7. The zero-order valence-corrected chi connectivity index (χ0v) is 31.6.